The third-order valence-electron chi connectivity index (χ3n) is 4.09. The van der Waals surface area contributed by atoms with Gasteiger partial charge in [-0.1, -0.05) is 29.5 Å². The highest BCUT2D eigenvalue weighted by Crippen LogP contribution is 2.25. The maximum absolute atomic E-state index is 12.3. The van der Waals surface area contributed by atoms with Gasteiger partial charge in [0, 0.05) is 12.1 Å². The second kappa shape index (κ2) is 9.38. The molecule has 7 nitrogen and oxygen atoms in total. The van der Waals surface area contributed by atoms with Crippen LogP contribution >= 0.6 is 11.8 Å². The summed E-state index contributed by atoms with van der Waals surface area (Å²) >= 11 is 1.24. The van der Waals surface area contributed by atoms with E-state index in [0.29, 0.717) is 23.0 Å². The molecule has 1 saturated heterocycles. The number of aliphatic imine (C=N–C) groups is 1. The highest BCUT2D eigenvalue weighted by Gasteiger charge is 2.32. The number of benzene rings is 2. The minimum Gasteiger partial charge on any atom is -0.462 e. The first-order valence-corrected chi connectivity index (χ1v) is 10.0. The third kappa shape index (κ3) is 5.68. The Labute approximate surface area is 172 Å². The van der Waals surface area contributed by atoms with E-state index in [1.54, 1.807) is 31.2 Å². The Morgan fingerprint density at radius 3 is 2.48 bits per heavy atom. The topological polar surface area (TPSA) is 96.9 Å². The SMILES string of the molecule is CCOC(=O)c1ccc(NC(=O)C[C@@H]2SC(=Nc3ccc(C)cc3)NC2=O)cc1. The van der Waals surface area contributed by atoms with Gasteiger partial charge in [0.15, 0.2) is 5.17 Å². The predicted molar refractivity (Wildman–Crippen MR) is 113 cm³/mol. The van der Waals surface area contributed by atoms with Crippen molar-refractivity contribution in [2.75, 3.05) is 11.9 Å². The van der Waals surface area contributed by atoms with Crippen molar-refractivity contribution in [1.82, 2.24) is 5.32 Å². The van der Waals surface area contributed by atoms with Crippen LogP contribution in [-0.4, -0.2) is 34.8 Å². The zero-order valence-electron chi connectivity index (χ0n) is 16.1. The molecule has 29 heavy (non-hydrogen) atoms. The number of thioether (sulfide) groups is 1. The van der Waals surface area contributed by atoms with Crippen LogP contribution in [-0.2, 0) is 14.3 Å². The van der Waals surface area contributed by atoms with Crippen molar-refractivity contribution in [3.63, 3.8) is 0 Å². The van der Waals surface area contributed by atoms with E-state index < -0.39 is 11.2 Å². The molecule has 0 radical (unpaired) electrons. The lowest BCUT2D eigenvalue weighted by Crippen LogP contribution is -2.28. The van der Waals surface area contributed by atoms with E-state index in [4.69, 9.17) is 4.74 Å². The monoisotopic (exact) mass is 411 g/mol. The van der Waals surface area contributed by atoms with Crippen LogP contribution < -0.4 is 10.6 Å². The number of carbonyl (C=O) groups is 3. The predicted octanol–water partition coefficient (Wildman–Crippen LogP) is 3.42. The van der Waals surface area contributed by atoms with Crippen molar-refractivity contribution in [1.29, 1.82) is 0 Å². The molecule has 1 aliphatic heterocycles. The molecule has 0 bridgehead atoms. The number of rotatable bonds is 6. The summed E-state index contributed by atoms with van der Waals surface area (Å²) in [5.41, 5.74) is 2.82. The Bertz CT molecular complexity index is 939. The molecule has 0 spiro atoms. The van der Waals surface area contributed by atoms with Gasteiger partial charge in [0.05, 0.1) is 17.9 Å². The van der Waals surface area contributed by atoms with E-state index in [2.05, 4.69) is 15.6 Å². The first-order valence-electron chi connectivity index (χ1n) is 9.14. The van der Waals surface area contributed by atoms with E-state index in [1.165, 1.54) is 11.8 Å². The molecule has 0 aliphatic carbocycles. The molecule has 0 saturated carbocycles. The van der Waals surface area contributed by atoms with Gasteiger partial charge in [-0.2, -0.15) is 0 Å². The van der Waals surface area contributed by atoms with Gasteiger partial charge in [-0.15, -0.1) is 0 Å². The van der Waals surface area contributed by atoms with Gasteiger partial charge >= 0.3 is 5.97 Å². The zero-order valence-corrected chi connectivity index (χ0v) is 16.9. The second-order valence-corrected chi connectivity index (χ2v) is 7.59. The van der Waals surface area contributed by atoms with Gasteiger partial charge in [-0.05, 0) is 50.2 Å². The summed E-state index contributed by atoms with van der Waals surface area (Å²) in [6, 6.07) is 14.0. The van der Waals surface area contributed by atoms with Gasteiger partial charge in [-0.25, -0.2) is 9.79 Å². The number of amidine groups is 1. The lowest BCUT2D eigenvalue weighted by atomic mass is 10.2. The van der Waals surface area contributed by atoms with Gasteiger partial charge in [0.25, 0.3) is 0 Å². The quantitative estimate of drug-likeness (QED) is 0.710. The van der Waals surface area contributed by atoms with Crippen molar-refractivity contribution in [3.8, 4) is 0 Å². The average molecular weight is 411 g/mol. The molecular weight excluding hydrogens is 390 g/mol. The second-order valence-electron chi connectivity index (χ2n) is 6.40. The summed E-state index contributed by atoms with van der Waals surface area (Å²) < 4.78 is 4.92. The first kappa shape index (κ1) is 20.6. The van der Waals surface area contributed by atoms with Gasteiger partial charge < -0.3 is 15.4 Å². The molecule has 1 atom stereocenters. The summed E-state index contributed by atoms with van der Waals surface area (Å²) in [6.45, 7) is 4.02. The number of esters is 1. The molecule has 1 aliphatic rings. The zero-order chi connectivity index (χ0) is 20.8. The number of hydrogen-bond donors (Lipinski definition) is 2. The minimum absolute atomic E-state index is 0.0169. The number of nitrogens with one attached hydrogen (secondary N) is 2. The Morgan fingerprint density at radius 2 is 1.83 bits per heavy atom. The van der Waals surface area contributed by atoms with Crippen molar-refractivity contribution < 1.29 is 19.1 Å². The molecule has 150 valence electrons. The number of amides is 2. The highest BCUT2D eigenvalue weighted by molar-refractivity contribution is 8.15. The molecular formula is C21H21N3O4S. The van der Waals surface area contributed by atoms with Gasteiger partial charge in [0.1, 0.15) is 5.25 Å². The van der Waals surface area contributed by atoms with E-state index in [9.17, 15) is 14.4 Å². The first-order chi connectivity index (χ1) is 13.9. The van der Waals surface area contributed by atoms with Crippen LogP contribution in [0.1, 0.15) is 29.3 Å². The van der Waals surface area contributed by atoms with Crippen LogP contribution in [0.4, 0.5) is 11.4 Å². The number of hydrogen-bond acceptors (Lipinski definition) is 6. The largest absolute Gasteiger partial charge is 0.462 e. The van der Waals surface area contributed by atoms with Crippen LogP contribution in [0.25, 0.3) is 0 Å². The van der Waals surface area contributed by atoms with Crippen molar-refractivity contribution >= 4 is 46.1 Å². The van der Waals surface area contributed by atoms with Crippen molar-refractivity contribution in [2.45, 2.75) is 25.5 Å². The maximum Gasteiger partial charge on any atom is 0.338 e. The number of anilines is 1. The molecule has 1 fully saturated rings. The molecule has 2 aromatic carbocycles. The van der Waals surface area contributed by atoms with Crippen LogP contribution in [0.3, 0.4) is 0 Å². The van der Waals surface area contributed by atoms with Gasteiger partial charge in [0.2, 0.25) is 11.8 Å². The Hall–Kier alpha value is -3.13. The molecule has 1 heterocycles. The van der Waals surface area contributed by atoms with E-state index in [-0.39, 0.29) is 18.2 Å². The number of aryl methyl sites for hydroxylation is 1. The molecule has 8 heteroatoms. The Kier molecular flexibility index (Phi) is 6.66. The summed E-state index contributed by atoms with van der Waals surface area (Å²) in [5.74, 6) is -0.948. The molecule has 2 aromatic rings. The van der Waals surface area contributed by atoms with Crippen LogP contribution in [0.5, 0.6) is 0 Å². The summed E-state index contributed by atoms with van der Waals surface area (Å²) in [7, 11) is 0. The van der Waals surface area contributed by atoms with Gasteiger partial charge in [-0.3, -0.25) is 9.59 Å². The van der Waals surface area contributed by atoms with Crippen molar-refractivity contribution in [2.24, 2.45) is 4.99 Å². The highest BCUT2D eigenvalue weighted by atomic mass is 32.2. The lowest BCUT2D eigenvalue weighted by molar-refractivity contribution is -0.122. The fourth-order valence-electron chi connectivity index (χ4n) is 2.61. The standard InChI is InChI=1S/C21H21N3O4S/c1-3-28-20(27)14-6-10-15(11-7-14)22-18(25)12-17-19(26)24-21(29-17)23-16-8-4-13(2)5-9-16/h4-11,17H,3,12H2,1-2H3,(H,22,25)(H,23,24,26)/t17-/m0/s1. The minimum atomic E-state index is -0.544. The average Bonchev–Trinajstić information content (AvgIpc) is 3.03. The van der Waals surface area contributed by atoms with Crippen LogP contribution in [0, 0.1) is 6.92 Å². The Morgan fingerprint density at radius 1 is 1.14 bits per heavy atom. The smallest absolute Gasteiger partial charge is 0.338 e. The number of ether oxygens (including phenoxy) is 1. The van der Waals surface area contributed by atoms with E-state index in [1.807, 2.05) is 31.2 Å². The number of carbonyl (C=O) groups excluding carboxylic acids is 3. The summed E-state index contributed by atoms with van der Waals surface area (Å²) in [6.07, 6.45) is 0.0169. The molecule has 0 aromatic heterocycles. The molecule has 3 rings (SSSR count). The number of nitrogens with zero attached hydrogens (tertiary/aromatic N) is 1. The summed E-state index contributed by atoms with van der Waals surface area (Å²) in [5, 5.41) is 5.38. The summed E-state index contributed by atoms with van der Waals surface area (Å²) in [4.78, 5) is 40.5. The van der Waals surface area contributed by atoms with Crippen LogP contribution in [0.2, 0.25) is 0 Å². The Balaban J connectivity index is 1.56. The molecule has 0 unspecified atom stereocenters. The van der Waals surface area contributed by atoms with Crippen molar-refractivity contribution in [3.05, 3.63) is 59.7 Å². The normalized spacial score (nSPS) is 17.1. The molecule has 2 amide bonds. The fraction of sp³-hybridized carbons (Fsp3) is 0.238. The van der Waals surface area contributed by atoms with E-state index in [0.717, 1.165) is 11.3 Å². The fourth-order valence-corrected chi connectivity index (χ4v) is 3.60. The van der Waals surface area contributed by atoms with Crippen LogP contribution in [0.15, 0.2) is 53.5 Å². The van der Waals surface area contributed by atoms with E-state index >= 15 is 0 Å². The third-order valence-corrected chi connectivity index (χ3v) is 5.17. The lowest BCUT2D eigenvalue weighted by Gasteiger charge is -2.08. The molecule has 2 N–H and O–H groups in total. The maximum atomic E-state index is 12.3.